The Morgan fingerprint density at radius 1 is 1.28 bits per heavy atom. The number of aryl methyl sites for hydroxylation is 1. The smallest absolute Gasteiger partial charge is 0.305 e. The molecule has 3 rings (SSSR count). The number of thiocarbonyl (C=S) groups is 1. The van der Waals surface area contributed by atoms with E-state index in [4.69, 9.17) is 22.4 Å². The molecule has 7 nitrogen and oxygen atoms in total. The second kappa shape index (κ2) is 7.35. The van der Waals surface area contributed by atoms with E-state index in [1.165, 1.54) is 0 Å². The van der Waals surface area contributed by atoms with Gasteiger partial charge in [-0.05, 0) is 44.1 Å². The molecule has 0 spiro atoms. The lowest BCUT2D eigenvalue weighted by molar-refractivity contribution is 0.0932. The zero-order chi connectivity index (χ0) is 17.8. The maximum atomic E-state index is 12.5. The molecule has 1 heterocycles. The van der Waals surface area contributed by atoms with Gasteiger partial charge in [-0.15, -0.1) is 0 Å². The summed E-state index contributed by atoms with van der Waals surface area (Å²) < 4.78 is 5.80. The largest absolute Gasteiger partial charge is 0.455 e. The number of carbonyl (C=O) groups is 1. The first-order chi connectivity index (χ1) is 12.1. The van der Waals surface area contributed by atoms with E-state index in [0.29, 0.717) is 0 Å². The number of hydrazone groups is 1. The summed E-state index contributed by atoms with van der Waals surface area (Å²) in [6.45, 7) is 1.85. The van der Waals surface area contributed by atoms with Gasteiger partial charge >= 0.3 is 5.91 Å². The molecule has 0 radical (unpaired) electrons. The van der Waals surface area contributed by atoms with Crippen LogP contribution in [0.1, 0.15) is 40.3 Å². The first-order valence-corrected chi connectivity index (χ1v) is 8.33. The molecule has 1 aromatic heterocycles. The van der Waals surface area contributed by atoms with Gasteiger partial charge in [-0.1, -0.05) is 18.2 Å². The van der Waals surface area contributed by atoms with Crippen molar-refractivity contribution in [2.45, 2.75) is 26.2 Å². The second-order valence-electron chi connectivity index (χ2n) is 5.69. The number of rotatable bonds is 4. The minimum atomic E-state index is -0.336. The first kappa shape index (κ1) is 17.0. The number of hydrogen-bond donors (Lipinski definition) is 4. The van der Waals surface area contributed by atoms with Crippen molar-refractivity contribution in [3.8, 4) is 0 Å². The fourth-order valence-electron chi connectivity index (χ4n) is 2.83. The molecule has 8 heteroatoms. The van der Waals surface area contributed by atoms with Crippen LogP contribution in [0.25, 0.3) is 0 Å². The highest BCUT2D eigenvalue weighted by Gasteiger charge is 2.27. The number of carbonyl (C=O) groups excluding carboxylic acids is 1. The molecule has 1 aromatic carbocycles. The molecule has 0 saturated heterocycles. The summed E-state index contributed by atoms with van der Waals surface area (Å²) in [5, 5.41) is 4.35. The maximum Gasteiger partial charge on any atom is 0.305 e. The van der Waals surface area contributed by atoms with E-state index >= 15 is 0 Å². The monoisotopic (exact) mass is 357 g/mol. The zero-order valence-corrected chi connectivity index (χ0v) is 14.6. The van der Waals surface area contributed by atoms with Gasteiger partial charge in [-0.3, -0.25) is 21.1 Å². The molecule has 1 aliphatic rings. The SMILES string of the molecule is Cc1c(C(=O)NNc2ccccc2)oc2c1/C(=N/NC(N)=S)CCC2. The molecule has 5 N–H and O–H groups in total. The summed E-state index contributed by atoms with van der Waals surface area (Å²) in [6, 6.07) is 9.37. The van der Waals surface area contributed by atoms with Crippen molar-refractivity contribution in [1.82, 2.24) is 10.9 Å². The molecule has 25 heavy (non-hydrogen) atoms. The van der Waals surface area contributed by atoms with Crippen molar-refractivity contribution in [3.63, 3.8) is 0 Å². The molecule has 2 aromatic rings. The number of amides is 1. The van der Waals surface area contributed by atoms with E-state index in [1.807, 2.05) is 37.3 Å². The highest BCUT2D eigenvalue weighted by molar-refractivity contribution is 7.80. The molecule has 1 aliphatic carbocycles. The van der Waals surface area contributed by atoms with Crippen LogP contribution in [-0.4, -0.2) is 16.7 Å². The number of nitrogens with two attached hydrogens (primary N) is 1. The van der Waals surface area contributed by atoms with Gasteiger partial charge in [0.25, 0.3) is 0 Å². The number of fused-ring (bicyclic) bond motifs is 1. The van der Waals surface area contributed by atoms with Gasteiger partial charge in [-0.25, -0.2) is 0 Å². The van der Waals surface area contributed by atoms with Crippen LogP contribution in [0.4, 0.5) is 5.69 Å². The quantitative estimate of drug-likeness (QED) is 0.494. The molecule has 0 saturated carbocycles. The van der Waals surface area contributed by atoms with Gasteiger partial charge in [-0.2, -0.15) is 5.10 Å². The molecule has 1 amide bonds. The number of benzene rings is 1. The molecule has 0 fully saturated rings. The fraction of sp³-hybridized carbons (Fsp3) is 0.235. The molecule has 130 valence electrons. The number of nitrogens with zero attached hydrogens (tertiary/aromatic N) is 1. The number of hydrogen-bond acceptors (Lipinski definition) is 5. The Balaban J connectivity index is 1.80. The van der Waals surface area contributed by atoms with Crippen molar-refractivity contribution in [2.75, 3.05) is 5.43 Å². The molecular weight excluding hydrogens is 338 g/mol. The standard InChI is InChI=1S/C17H19N5O2S/c1-10-14-12(20-22-17(18)25)8-5-9-13(14)24-15(10)16(23)21-19-11-6-3-2-4-7-11/h2-4,6-7,19H,5,8-9H2,1H3,(H,21,23)(H3,18,22,25)/b20-12+. The van der Waals surface area contributed by atoms with Crippen molar-refractivity contribution < 1.29 is 9.21 Å². The average molecular weight is 357 g/mol. The summed E-state index contributed by atoms with van der Waals surface area (Å²) in [4.78, 5) is 12.5. The fourth-order valence-corrected chi connectivity index (χ4v) is 2.87. The van der Waals surface area contributed by atoms with E-state index in [1.54, 1.807) is 0 Å². The van der Waals surface area contributed by atoms with E-state index in [9.17, 15) is 4.79 Å². The highest BCUT2D eigenvalue weighted by atomic mass is 32.1. The lowest BCUT2D eigenvalue weighted by Gasteiger charge is -2.13. The summed E-state index contributed by atoms with van der Waals surface area (Å²) in [7, 11) is 0. The number of hydrazine groups is 1. The third-order valence-corrected chi connectivity index (χ3v) is 4.02. The van der Waals surface area contributed by atoms with Gasteiger partial charge in [0.1, 0.15) is 5.76 Å². The Labute approximate surface area is 150 Å². The summed E-state index contributed by atoms with van der Waals surface area (Å²) >= 11 is 4.79. The Morgan fingerprint density at radius 3 is 2.76 bits per heavy atom. The van der Waals surface area contributed by atoms with Gasteiger partial charge in [0.05, 0.1) is 11.4 Å². The van der Waals surface area contributed by atoms with Crippen LogP contribution in [0, 0.1) is 6.92 Å². The van der Waals surface area contributed by atoms with Crippen LogP contribution in [0.2, 0.25) is 0 Å². The van der Waals surface area contributed by atoms with E-state index in [0.717, 1.165) is 47.5 Å². The van der Waals surface area contributed by atoms with Gasteiger partial charge in [0.15, 0.2) is 10.9 Å². The van der Waals surface area contributed by atoms with Crippen molar-refractivity contribution in [3.05, 3.63) is 53.0 Å². The predicted molar refractivity (Wildman–Crippen MR) is 100 cm³/mol. The normalized spacial score (nSPS) is 14.7. The average Bonchev–Trinajstić information content (AvgIpc) is 2.96. The number of nitrogens with one attached hydrogen (secondary N) is 3. The Hall–Kier alpha value is -2.87. The highest BCUT2D eigenvalue weighted by Crippen LogP contribution is 2.29. The number of furan rings is 1. The van der Waals surface area contributed by atoms with Crippen LogP contribution >= 0.6 is 12.2 Å². The molecular formula is C17H19N5O2S. The molecule has 0 aliphatic heterocycles. The Bertz CT molecular complexity index is 829. The first-order valence-electron chi connectivity index (χ1n) is 7.92. The summed E-state index contributed by atoms with van der Waals surface area (Å²) in [5.41, 5.74) is 16.8. The van der Waals surface area contributed by atoms with Crippen LogP contribution < -0.4 is 22.0 Å². The Morgan fingerprint density at radius 2 is 2.04 bits per heavy atom. The van der Waals surface area contributed by atoms with Crippen molar-refractivity contribution in [1.29, 1.82) is 0 Å². The van der Waals surface area contributed by atoms with E-state index in [2.05, 4.69) is 21.4 Å². The van der Waals surface area contributed by atoms with Crippen molar-refractivity contribution in [2.24, 2.45) is 10.8 Å². The third-order valence-electron chi connectivity index (χ3n) is 3.93. The minimum absolute atomic E-state index is 0.103. The molecule has 0 bridgehead atoms. The van der Waals surface area contributed by atoms with Gasteiger partial charge < -0.3 is 10.2 Å². The van der Waals surface area contributed by atoms with Crippen LogP contribution in [0.3, 0.4) is 0 Å². The Kier molecular flexibility index (Phi) is 4.99. The number of anilines is 1. The predicted octanol–water partition coefficient (Wildman–Crippen LogP) is 2.22. The minimum Gasteiger partial charge on any atom is -0.455 e. The van der Waals surface area contributed by atoms with E-state index < -0.39 is 0 Å². The third kappa shape index (κ3) is 3.80. The number of para-hydroxylation sites is 1. The van der Waals surface area contributed by atoms with Gasteiger partial charge in [0.2, 0.25) is 0 Å². The van der Waals surface area contributed by atoms with Crippen LogP contribution in [0.5, 0.6) is 0 Å². The summed E-state index contributed by atoms with van der Waals surface area (Å²) in [5.74, 6) is 0.702. The molecule has 0 atom stereocenters. The lowest BCUT2D eigenvalue weighted by atomic mass is 9.93. The van der Waals surface area contributed by atoms with Crippen molar-refractivity contribution >= 4 is 34.6 Å². The summed E-state index contributed by atoms with van der Waals surface area (Å²) in [6.07, 6.45) is 2.43. The zero-order valence-electron chi connectivity index (χ0n) is 13.8. The van der Waals surface area contributed by atoms with Gasteiger partial charge in [0, 0.05) is 17.5 Å². The second-order valence-corrected chi connectivity index (χ2v) is 6.13. The topological polar surface area (TPSA) is 105 Å². The molecule has 0 unspecified atom stereocenters. The van der Waals surface area contributed by atoms with E-state index in [-0.39, 0.29) is 16.8 Å². The maximum absolute atomic E-state index is 12.5. The lowest BCUT2D eigenvalue weighted by Crippen LogP contribution is -2.29. The van der Waals surface area contributed by atoms with Crippen LogP contribution in [-0.2, 0) is 6.42 Å². The van der Waals surface area contributed by atoms with Crippen LogP contribution in [0.15, 0.2) is 39.9 Å².